The Kier molecular flexibility index (Phi) is 3.94. The predicted octanol–water partition coefficient (Wildman–Crippen LogP) is 2.54. The Bertz CT molecular complexity index is 420. The lowest BCUT2D eigenvalue weighted by atomic mass is 10.0. The standard InChI is InChI=1S/C13H17NO2S/c1-14(13(15)17)7-6-10-4-5-12-11(9-10)3-2-8-16-12/h4-5,9H,2-3,6-8H2,1H3,(H,15,17). The van der Waals surface area contributed by atoms with Crippen LogP contribution in [0.2, 0.25) is 0 Å². The van der Waals surface area contributed by atoms with Gasteiger partial charge >= 0.3 is 0 Å². The number of carbonyl (C=O) groups is 1. The van der Waals surface area contributed by atoms with Crippen LogP contribution in [0.15, 0.2) is 18.2 Å². The maximum absolute atomic E-state index is 11.0. The molecule has 3 nitrogen and oxygen atoms in total. The molecule has 0 radical (unpaired) electrons. The Hall–Kier alpha value is -1.16. The number of hydrogen-bond donors (Lipinski definition) is 1. The highest BCUT2D eigenvalue weighted by Gasteiger charge is 2.11. The van der Waals surface area contributed by atoms with Crippen LogP contribution in [0.25, 0.3) is 0 Å². The number of carbonyl (C=O) groups excluding carboxylic acids is 1. The molecule has 0 aromatic heterocycles. The van der Waals surface area contributed by atoms with E-state index in [9.17, 15) is 4.79 Å². The number of benzene rings is 1. The molecular weight excluding hydrogens is 234 g/mol. The Morgan fingerprint density at radius 1 is 1.53 bits per heavy atom. The van der Waals surface area contributed by atoms with Crippen molar-refractivity contribution in [2.24, 2.45) is 0 Å². The van der Waals surface area contributed by atoms with Crippen LogP contribution < -0.4 is 4.74 Å². The number of aryl methyl sites for hydroxylation is 1. The van der Waals surface area contributed by atoms with Gasteiger partial charge in [0.25, 0.3) is 5.24 Å². The number of ether oxygens (including phenoxy) is 1. The topological polar surface area (TPSA) is 29.5 Å². The fraction of sp³-hybridized carbons (Fsp3) is 0.462. The molecule has 1 aliphatic rings. The number of thiol groups is 1. The number of likely N-dealkylation sites (N-methyl/N-ethyl adjacent to an activating group) is 1. The molecule has 4 heteroatoms. The number of amides is 1. The van der Waals surface area contributed by atoms with Gasteiger partial charge in [-0.15, -0.1) is 0 Å². The van der Waals surface area contributed by atoms with Gasteiger partial charge in [0.05, 0.1) is 6.61 Å². The van der Waals surface area contributed by atoms with Gasteiger partial charge < -0.3 is 9.64 Å². The third-order valence-corrected chi connectivity index (χ3v) is 3.38. The van der Waals surface area contributed by atoms with Crippen molar-refractivity contribution in [2.45, 2.75) is 19.3 Å². The first-order valence-corrected chi connectivity index (χ1v) is 6.30. The van der Waals surface area contributed by atoms with Crippen LogP contribution in [0.3, 0.4) is 0 Å². The molecule has 17 heavy (non-hydrogen) atoms. The summed E-state index contributed by atoms with van der Waals surface area (Å²) in [5, 5.41) is -0.189. The van der Waals surface area contributed by atoms with Crippen molar-refractivity contribution in [1.29, 1.82) is 0 Å². The maximum atomic E-state index is 11.0. The van der Waals surface area contributed by atoms with Gasteiger partial charge in [-0.05, 0) is 36.5 Å². The molecule has 0 N–H and O–H groups in total. The molecule has 0 aliphatic carbocycles. The summed E-state index contributed by atoms with van der Waals surface area (Å²) in [6.45, 7) is 1.52. The van der Waals surface area contributed by atoms with Crippen LogP contribution in [0.1, 0.15) is 17.5 Å². The van der Waals surface area contributed by atoms with E-state index in [1.54, 1.807) is 11.9 Å². The third-order valence-electron chi connectivity index (χ3n) is 3.04. The Balaban J connectivity index is 2.00. The van der Waals surface area contributed by atoms with E-state index in [0.717, 1.165) is 31.6 Å². The van der Waals surface area contributed by atoms with E-state index in [2.05, 4.69) is 24.8 Å². The van der Waals surface area contributed by atoms with E-state index in [1.807, 2.05) is 6.07 Å². The molecule has 0 fully saturated rings. The highest BCUT2D eigenvalue weighted by atomic mass is 32.1. The van der Waals surface area contributed by atoms with Crippen molar-refractivity contribution in [3.8, 4) is 5.75 Å². The molecule has 0 saturated heterocycles. The lowest BCUT2D eigenvalue weighted by Gasteiger charge is -2.19. The second-order valence-electron chi connectivity index (χ2n) is 4.35. The van der Waals surface area contributed by atoms with Crippen LogP contribution in [0.4, 0.5) is 4.79 Å². The van der Waals surface area contributed by atoms with Gasteiger partial charge in [-0.3, -0.25) is 4.79 Å². The molecule has 1 aliphatic heterocycles. The summed E-state index contributed by atoms with van der Waals surface area (Å²) >= 11 is 3.79. The van der Waals surface area contributed by atoms with Gasteiger partial charge in [0, 0.05) is 13.6 Å². The average Bonchev–Trinajstić information content (AvgIpc) is 2.35. The lowest BCUT2D eigenvalue weighted by molar-refractivity contribution is 0.234. The molecule has 1 heterocycles. The van der Waals surface area contributed by atoms with Gasteiger partial charge in [0.1, 0.15) is 5.75 Å². The van der Waals surface area contributed by atoms with Crippen molar-refractivity contribution >= 4 is 17.9 Å². The largest absolute Gasteiger partial charge is 0.493 e. The fourth-order valence-electron chi connectivity index (χ4n) is 1.96. The van der Waals surface area contributed by atoms with Gasteiger partial charge in [0.2, 0.25) is 0 Å². The fourth-order valence-corrected chi connectivity index (χ4v) is 2.06. The van der Waals surface area contributed by atoms with Crippen LogP contribution in [0.5, 0.6) is 5.75 Å². The van der Waals surface area contributed by atoms with Crippen molar-refractivity contribution in [3.63, 3.8) is 0 Å². The first kappa shape index (κ1) is 12.3. The zero-order valence-electron chi connectivity index (χ0n) is 9.98. The molecular formula is C13H17NO2S. The molecule has 0 bridgehead atoms. The van der Waals surface area contributed by atoms with E-state index in [1.165, 1.54) is 11.1 Å². The van der Waals surface area contributed by atoms with Crippen LogP contribution >= 0.6 is 12.6 Å². The summed E-state index contributed by atoms with van der Waals surface area (Å²) in [5.74, 6) is 1.01. The van der Waals surface area contributed by atoms with Crippen LogP contribution in [-0.4, -0.2) is 30.3 Å². The number of hydrogen-bond acceptors (Lipinski definition) is 2. The smallest absolute Gasteiger partial charge is 0.278 e. The van der Waals surface area contributed by atoms with Crippen molar-refractivity contribution < 1.29 is 9.53 Å². The molecule has 92 valence electrons. The van der Waals surface area contributed by atoms with Crippen LogP contribution in [0, 0.1) is 0 Å². The summed E-state index contributed by atoms with van der Waals surface area (Å²) in [4.78, 5) is 12.6. The lowest BCUT2D eigenvalue weighted by Crippen LogP contribution is -2.23. The first-order chi connectivity index (χ1) is 8.16. The average molecular weight is 251 g/mol. The van der Waals surface area contributed by atoms with Crippen molar-refractivity contribution in [1.82, 2.24) is 4.90 Å². The Labute approximate surface area is 107 Å². The molecule has 1 aromatic carbocycles. The molecule has 0 saturated carbocycles. The molecule has 0 atom stereocenters. The van der Waals surface area contributed by atoms with Crippen molar-refractivity contribution in [2.75, 3.05) is 20.2 Å². The second-order valence-corrected chi connectivity index (χ2v) is 4.73. The first-order valence-electron chi connectivity index (χ1n) is 5.85. The van der Waals surface area contributed by atoms with Gasteiger partial charge in [-0.2, -0.15) is 0 Å². The third kappa shape index (κ3) is 3.16. The van der Waals surface area contributed by atoms with E-state index < -0.39 is 0 Å². The summed E-state index contributed by atoms with van der Waals surface area (Å²) in [7, 11) is 1.76. The normalized spacial score (nSPS) is 13.8. The minimum atomic E-state index is -0.189. The van der Waals surface area contributed by atoms with Gasteiger partial charge in [-0.25, -0.2) is 0 Å². The number of rotatable bonds is 3. The minimum absolute atomic E-state index is 0.189. The molecule has 0 unspecified atom stereocenters. The molecule has 1 amide bonds. The molecule has 2 rings (SSSR count). The van der Waals surface area contributed by atoms with Gasteiger partial charge in [0.15, 0.2) is 0 Å². The summed E-state index contributed by atoms with van der Waals surface area (Å²) < 4.78 is 5.57. The van der Waals surface area contributed by atoms with E-state index >= 15 is 0 Å². The SMILES string of the molecule is CN(CCc1ccc2c(c1)CCCO2)C(=O)S. The summed E-state index contributed by atoms with van der Waals surface area (Å²) in [5.41, 5.74) is 2.53. The Morgan fingerprint density at radius 2 is 2.35 bits per heavy atom. The van der Waals surface area contributed by atoms with Crippen molar-refractivity contribution in [3.05, 3.63) is 29.3 Å². The zero-order valence-corrected chi connectivity index (χ0v) is 10.9. The number of nitrogens with zero attached hydrogens (tertiary/aromatic N) is 1. The van der Waals surface area contributed by atoms with E-state index in [-0.39, 0.29) is 5.24 Å². The quantitative estimate of drug-likeness (QED) is 0.837. The molecule has 1 aromatic rings. The van der Waals surface area contributed by atoms with Crippen LogP contribution in [-0.2, 0) is 12.8 Å². The predicted molar refractivity (Wildman–Crippen MR) is 71.0 cm³/mol. The summed E-state index contributed by atoms with van der Waals surface area (Å²) in [6.07, 6.45) is 3.03. The monoisotopic (exact) mass is 251 g/mol. The Morgan fingerprint density at radius 3 is 3.12 bits per heavy atom. The van der Waals surface area contributed by atoms with E-state index in [4.69, 9.17) is 4.74 Å². The van der Waals surface area contributed by atoms with E-state index in [0.29, 0.717) is 6.54 Å². The highest BCUT2D eigenvalue weighted by Crippen LogP contribution is 2.25. The maximum Gasteiger partial charge on any atom is 0.278 e. The highest BCUT2D eigenvalue weighted by molar-refractivity contribution is 7.96. The minimum Gasteiger partial charge on any atom is -0.493 e. The number of fused-ring (bicyclic) bond motifs is 1. The molecule has 0 spiro atoms. The second kappa shape index (κ2) is 5.45. The van der Waals surface area contributed by atoms with Gasteiger partial charge in [-0.1, -0.05) is 24.8 Å². The zero-order chi connectivity index (χ0) is 12.3. The summed E-state index contributed by atoms with van der Waals surface area (Å²) in [6, 6.07) is 6.29.